The van der Waals surface area contributed by atoms with Gasteiger partial charge < -0.3 is 25.5 Å². The summed E-state index contributed by atoms with van der Waals surface area (Å²) >= 11 is 5.91. The van der Waals surface area contributed by atoms with E-state index in [0.29, 0.717) is 19.5 Å². The van der Waals surface area contributed by atoms with Crippen LogP contribution in [0.3, 0.4) is 0 Å². The number of anilines is 1. The van der Waals surface area contributed by atoms with E-state index in [1.807, 2.05) is 35.2 Å². The standard InChI is InChI=1S/C21H25ClN4O5/c1-30-17-10-26(11-18(27)31-12-13-5-3-2-4-6-13)8-7-16(17)24-20(28)14-9-15(22)19(23)25-21(14)29/h2-6,9,16-17H,7-8,10-12H2,1H3,(H,24,28)(H3,23,25,29)/t16?,17-/m0/s1. The van der Waals surface area contributed by atoms with Crippen LogP contribution in [0.25, 0.3) is 0 Å². The number of H-pyrrole nitrogens is 1. The number of nitrogens with one attached hydrogen (secondary N) is 2. The summed E-state index contributed by atoms with van der Waals surface area (Å²) in [5, 5.41) is 2.91. The molecule has 1 unspecified atom stereocenters. The Labute approximate surface area is 184 Å². The second-order valence-electron chi connectivity index (χ2n) is 7.30. The molecule has 10 heteroatoms. The molecule has 1 fully saturated rings. The summed E-state index contributed by atoms with van der Waals surface area (Å²) in [6.07, 6.45) is 0.180. The second-order valence-corrected chi connectivity index (χ2v) is 7.71. The van der Waals surface area contributed by atoms with Gasteiger partial charge in [-0.2, -0.15) is 0 Å². The second kappa shape index (κ2) is 10.4. The van der Waals surface area contributed by atoms with Gasteiger partial charge in [0.1, 0.15) is 18.0 Å². The lowest BCUT2D eigenvalue weighted by molar-refractivity contribution is -0.147. The third kappa shape index (κ3) is 6.06. The molecule has 1 aliphatic rings. The lowest BCUT2D eigenvalue weighted by atomic mass is 10.0. The molecule has 31 heavy (non-hydrogen) atoms. The van der Waals surface area contributed by atoms with Crippen LogP contribution in [0.4, 0.5) is 5.82 Å². The number of halogens is 1. The average molecular weight is 449 g/mol. The van der Waals surface area contributed by atoms with Gasteiger partial charge >= 0.3 is 5.97 Å². The van der Waals surface area contributed by atoms with Gasteiger partial charge in [0.05, 0.1) is 23.7 Å². The molecule has 4 N–H and O–H groups in total. The molecule has 0 aliphatic carbocycles. The Morgan fingerprint density at radius 1 is 1.32 bits per heavy atom. The molecule has 166 valence electrons. The highest BCUT2D eigenvalue weighted by Gasteiger charge is 2.32. The van der Waals surface area contributed by atoms with Gasteiger partial charge in [-0.3, -0.25) is 19.3 Å². The van der Waals surface area contributed by atoms with Crippen LogP contribution in [-0.2, 0) is 20.9 Å². The minimum atomic E-state index is -0.619. The molecular formula is C21H25ClN4O5. The summed E-state index contributed by atoms with van der Waals surface area (Å²) in [6.45, 7) is 1.34. The smallest absolute Gasteiger partial charge is 0.320 e. The Kier molecular flexibility index (Phi) is 7.67. The van der Waals surface area contributed by atoms with E-state index in [0.717, 1.165) is 5.56 Å². The van der Waals surface area contributed by atoms with Crippen molar-refractivity contribution in [3.8, 4) is 0 Å². The van der Waals surface area contributed by atoms with Crippen molar-refractivity contribution in [2.24, 2.45) is 0 Å². The van der Waals surface area contributed by atoms with Gasteiger partial charge in [-0.05, 0) is 18.1 Å². The Hall–Kier alpha value is -2.88. The molecule has 2 atom stereocenters. The summed E-state index contributed by atoms with van der Waals surface area (Å²) in [5.74, 6) is -0.888. The minimum absolute atomic E-state index is 0.00504. The summed E-state index contributed by atoms with van der Waals surface area (Å²) < 4.78 is 10.8. The van der Waals surface area contributed by atoms with E-state index >= 15 is 0 Å². The zero-order valence-corrected chi connectivity index (χ0v) is 17.9. The molecule has 2 heterocycles. The maximum Gasteiger partial charge on any atom is 0.320 e. The summed E-state index contributed by atoms with van der Waals surface area (Å²) in [5.41, 5.74) is 5.72. The minimum Gasteiger partial charge on any atom is -0.460 e. The monoisotopic (exact) mass is 448 g/mol. The van der Waals surface area contributed by atoms with Crippen LogP contribution < -0.4 is 16.6 Å². The van der Waals surface area contributed by atoms with Crippen LogP contribution in [0, 0.1) is 0 Å². The van der Waals surface area contributed by atoms with Crippen LogP contribution in [0.2, 0.25) is 5.02 Å². The number of ether oxygens (including phenoxy) is 2. The molecule has 0 radical (unpaired) electrons. The number of hydrogen-bond acceptors (Lipinski definition) is 7. The van der Waals surface area contributed by atoms with Crippen molar-refractivity contribution in [1.82, 2.24) is 15.2 Å². The predicted molar refractivity (Wildman–Crippen MR) is 116 cm³/mol. The van der Waals surface area contributed by atoms with Gasteiger partial charge in [-0.1, -0.05) is 41.9 Å². The molecule has 1 aromatic heterocycles. The number of benzene rings is 1. The number of carbonyl (C=O) groups excluding carboxylic acids is 2. The molecule has 1 saturated heterocycles. The number of pyridine rings is 1. The van der Waals surface area contributed by atoms with Crippen LogP contribution in [-0.4, -0.2) is 60.7 Å². The number of carbonyl (C=O) groups is 2. The highest BCUT2D eigenvalue weighted by atomic mass is 35.5. The quantitative estimate of drug-likeness (QED) is 0.542. The molecule has 1 aromatic carbocycles. The first-order valence-corrected chi connectivity index (χ1v) is 10.2. The van der Waals surface area contributed by atoms with Crippen molar-refractivity contribution in [1.29, 1.82) is 0 Å². The fourth-order valence-corrected chi connectivity index (χ4v) is 3.58. The first-order valence-electron chi connectivity index (χ1n) is 9.81. The van der Waals surface area contributed by atoms with Crippen molar-refractivity contribution in [3.63, 3.8) is 0 Å². The Morgan fingerprint density at radius 2 is 2.06 bits per heavy atom. The number of nitrogens with two attached hydrogens (primary N) is 1. The molecule has 9 nitrogen and oxygen atoms in total. The maximum absolute atomic E-state index is 12.6. The third-order valence-electron chi connectivity index (χ3n) is 5.12. The van der Waals surface area contributed by atoms with Gasteiger partial charge in [0.2, 0.25) is 0 Å². The first kappa shape index (κ1) is 22.8. The SMILES string of the molecule is CO[C@H]1CN(CC(=O)OCc2ccccc2)CCC1NC(=O)c1cc(Cl)c(N)[nH]c1=O. The number of aromatic amines is 1. The number of aromatic nitrogens is 1. The largest absolute Gasteiger partial charge is 0.460 e. The number of nitrogen functional groups attached to an aromatic ring is 1. The number of rotatable bonds is 7. The Bertz CT molecular complexity index is 981. The normalized spacial score (nSPS) is 19.0. The average Bonchev–Trinajstić information content (AvgIpc) is 2.76. The number of piperidine rings is 1. The Morgan fingerprint density at radius 3 is 2.77 bits per heavy atom. The van der Waals surface area contributed by atoms with Gasteiger partial charge in [-0.25, -0.2) is 0 Å². The van der Waals surface area contributed by atoms with E-state index in [9.17, 15) is 14.4 Å². The van der Waals surface area contributed by atoms with Crippen molar-refractivity contribution in [2.75, 3.05) is 32.5 Å². The number of nitrogens with zero attached hydrogens (tertiary/aromatic N) is 1. The number of likely N-dealkylation sites (tertiary alicyclic amines) is 1. The Balaban J connectivity index is 1.53. The van der Waals surface area contributed by atoms with Crippen LogP contribution in [0.1, 0.15) is 22.3 Å². The number of esters is 1. The fraction of sp³-hybridized carbons (Fsp3) is 0.381. The molecule has 2 aromatic rings. The molecule has 3 rings (SSSR count). The number of methoxy groups -OCH3 is 1. The van der Waals surface area contributed by atoms with Crippen molar-refractivity contribution in [3.05, 3.63) is 62.9 Å². The van der Waals surface area contributed by atoms with Gasteiger partial charge in [-0.15, -0.1) is 0 Å². The fourth-order valence-electron chi connectivity index (χ4n) is 3.43. The van der Waals surface area contributed by atoms with E-state index in [2.05, 4.69) is 10.3 Å². The number of hydrogen-bond donors (Lipinski definition) is 3. The highest BCUT2D eigenvalue weighted by molar-refractivity contribution is 6.33. The lowest BCUT2D eigenvalue weighted by Crippen LogP contribution is -2.56. The van der Waals surface area contributed by atoms with Crippen molar-refractivity contribution in [2.45, 2.75) is 25.2 Å². The lowest BCUT2D eigenvalue weighted by Gasteiger charge is -2.37. The zero-order chi connectivity index (χ0) is 22.4. The third-order valence-corrected chi connectivity index (χ3v) is 5.44. The number of amides is 1. The van der Waals surface area contributed by atoms with Crippen molar-refractivity contribution >= 4 is 29.3 Å². The van der Waals surface area contributed by atoms with E-state index < -0.39 is 11.5 Å². The summed E-state index contributed by atoms with van der Waals surface area (Å²) in [7, 11) is 1.54. The molecule has 0 bridgehead atoms. The van der Waals surface area contributed by atoms with Gasteiger partial charge in [0.25, 0.3) is 11.5 Å². The van der Waals surface area contributed by atoms with E-state index in [4.69, 9.17) is 26.8 Å². The first-order chi connectivity index (χ1) is 14.9. The molecule has 1 aliphatic heterocycles. The van der Waals surface area contributed by atoms with Crippen LogP contribution in [0.5, 0.6) is 0 Å². The molecular weight excluding hydrogens is 424 g/mol. The van der Waals surface area contributed by atoms with Gasteiger partial charge in [0, 0.05) is 20.2 Å². The van der Waals surface area contributed by atoms with E-state index in [-0.39, 0.29) is 47.7 Å². The van der Waals surface area contributed by atoms with Crippen molar-refractivity contribution < 1.29 is 19.1 Å². The summed E-state index contributed by atoms with van der Waals surface area (Å²) in [4.78, 5) is 41.0. The zero-order valence-electron chi connectivity index (χ0n) is 17.1. The molecule has 0 spiro atoms. The van der Waals surface area contributed by atoms with Crippen LogP contribution in [0.15, 0.2) is 41.2 Å². The predicted octanol–water partition coefficient (Wildman–Crippen LogP) is 1.17. The van der Waals surface area contributed by atoms with Gasteiger partial charge in [0.15, 0.2) is 0 Å². The van der Waals surface area contributed by atoms with E-state index in [1.54, 1.807) is 0 Å². The van der Waals surface area contributed by atoms with E-state index in [1.165, 1.54) is 13.2 Å². The topological polar surface area (TPSA) is 127 Å². The highest BCUT2D eigenvalue weighted by Crippen LogP contribution is 2.17. The molecule has 1 amide bonds. The van der Waals surface area contributed by atoms with Crippen LogP contribution >= 0.6 is 11.6 Å². The maximum atomic E-state index is 12.6. The molecule has 0 saturated carbocycles. The summed E-state index contributed by atoms with van der Waals surface area (Å²) in [6, 6.07) is 10.4.